The van der Waals surface area contributed by atoms with Crippen LogP contribution in [0.2, 0.25) is 0 Å². The lowest BCUT2D eigenvalue weighted by Crippen LogP contribution is -2.40. The van der Waals surface area contributed by atoms with E-state index >= 15 is 0 Å². The van der Waals surface area contributed by atoms with Gasteiger partial charge in [0.2, 0.25) is 0 Å². The first-order valence-corrected chi connectivity index (χ1v) is 6.61. The normalized spacial score (nSPS) is 19.5. The second-order valence-electron chi connectivity index (χ2n) is 4.84. The van der Waals surface area contributed by atoms with E-state index in [1.807, 2.05) is 12.1 Å². The van der Waals surface area contributed by atoms with Crippen LogP contribution in [0.1, 0.15) is 23.6 Å². The van der Waals surface area contributed by atoms with Crippen LogP contribution in [0, 0.1) is 5.92 Å². The molecule has 1 amide bonds. The van der Waals surface area contributed by atoms with Gasteiger partial charge in [-0.1, -0.05) is 24.3 Å². The van der Waals surface area contributed by atoms with Gasteiger partial charge in [0.05, 0.1) is 0 Å². The summed E-state index contributed by atoms with van der Waals surface area (Å²) in [6.45, 7) is 1.30. The van der Waals surface area contributed by atoms with Crippen LogP contribution in [0.4, 0.5) is 4.79 Å². The molecule has 0 bridgehead atoms. The second-order valence-corrected chi connectivity index (χ2v) is 4.84. The minimum atomic E-state index is -1.02. The maximum absolute atomic E-state index is 10.6. The van der Waals surface area contributed by atoms with Crippen LogP contribution in [0.15, 0.2) is 24.3 Å². The third kappa shape index (κ3) is 3.45. The van der Waals surface area contributed by atoms with E-state index in [0.29, 0.717) is 13.0 Å². The van der Waals surface area contributed by atoms with E-state index < -0.39 is 6.09 Å². The molecule has 1 aromatic carbocycles. The molecule has 1 aliphatic heterocycles. The smallest absolute Gasteiger partial charge is 0.404 e. The van der Waals surface area contributed by atoms with Crippen molar-refractivity contribution in [3.8, 4) is 0 Å². The first-order chi connectivity index (χ1) is 9.22. The van der Waals surface area contributed by atoms with Crippen LogP contribution in [-0.4, -0.2) is 36.0 Å². The molecule has 0 spiro atoms. The SMILES string of the molecule is O=C(O)NCC(CCO)C1NCCc2ccccc21. The van der Waals surface area contributed by atoms with Crippen molar-refractivity contribution in [3.05, 3.63) is 35.4 Å². The van der Waals surface area contributed by atoms with Crippen molar-refractivity contribution >= 4 is 6.09 Å². The first-order valence-electron chi connectivity index (χ1n) is 6.61. The number of carboxylic acid groups (broad SMARTS) is 1. The molecule has 2 unspecified atom stereocenters. The number of rotatable bonds is 5. The van der Waals surface area contributed by atoms with E-state index in [2.05, 4.69) is 22.8 Å². The van der Waals surface area contributed by atoms with Crippen molar-refractivity contribution in [3.63, 3.8) is 0 Å². The highest BCUT2D eigenvalue weighted by Crippen LogP contribution is 2.30. The molecule has 2 atom stereocenters. The lowest BCUT2D eigenvalue weighted by Gasteiger charge is -2.33. The molecule has 2 rings (SSSR count). The highest BCUT2D eigenvalue weighted by molar-refractivity contribution is 5.64. The molecule has 0 aromatic heterocycles. The van der Waals surface area contributed by atoms with Crippen molar-refractivity contribution < 1.29 is 15.0 Å². The van der Waals surface area contributed by atoms with E-state index in [9.17, 15) is 9.90 Å². The Labute approximate surface area is 112 Å². The maximum Gasteiger partial charge on any atom is 0.404 e. The highest BCUT2D eigenvalue weighted by atomic mass is 16.4. The molecule has 0 saturated carbocycles. The minimum absolute atomic E-state index is 0.0579. The summed E-state index contributed by atoms with van der Waals surface area (Å²) < 4.78 is 0. The molecule has 0 aliphatic carbocycles. The molecule has 19 heavy (non-hydrogen) atoms. The fourth-order valence-electron chi connectivity index (χ4n) is 2.73. The van der Waals surface area contributed by atoms with E-state index in [-0.39, 0.29) is 18.6 Å². The summed E-state index contributed by atoms with van der Waals surface area (Å²) in [5.41, 5.74) is 2.53. The molecule has 1 aromatic rings. The third-order valence-corrected chi connectivity index (χ3v) is 3.64. The number of aliphatic hydroxyl groups is 1. The van der Waals surface area contributed by atoms with Gasteiger partial charge < -0.3 is 20.8 Å². The summed E-state index contributed by atoms with van der Waals surface area (Å²) in [5, 5.41) is 23.8. The standard InChI is InChI=1S/C14H20N2O3/c17-8-6-11(9-16-14(18)19)13-12-4-2-1-3-10(12)5-7-15-13/h1-4,11,13,15-17H,5-9H2,(H,18,19). The van der Waals surface area contributed by atoms with Gasteiger partial charge in [0.15, 0.2) is 0 Å². The zero-order valence-electron chi connectivity index (χ0n) is 10.8. The fourth-order valence-corrected chi connectivity index (χ4v) is 2.73. The van der Waals surface area contributed by atoms with Crippen LogP contribution >= 0.6 is 0 Å². The Morgan fingerprint density at radius 1 is 1.47 bits per heavy atom. The lowest BCUT2D eigenvalue weighted by molar-refractivity contribution is 0.184. The molecule has 5 heteroatoms. The average molecular weight is 264 g/mol. The predicted molar refractivity (Wildman–Crippen MR) is 72.1 cm³/mol. The van der Waals surface area contributed by atoms with Crippen molar-refractivity contribution in [2.75, 3.05) is 19.7 Å². The number of fused-ring (bicyclic) bond motifs is 1. The van der Waals surface area contributed by atoms with Crippen LogP contribution in [0.5, 0.6) is 0 Å². The summed E-state index contributed by atoms with van der Waals surface area (Å²) in [5.74, 6) is 0.0579. The van der Waals surface area contributed by atoms with Crippen molar-refractivity contribution in [1.82, 2.24) is 10.6 Å². The molecule has 0 radical (unpaired) electrons. The number of aliphatic hydroxyl groups excluding tert-OH is 1. The zero-order chi connectivity index (χ0) is 13.7. The Morgan fingerprint density at radius 2 is 2.26 bits per heavy atom. The lowest BCUT2D eigenvalue weighted by atomic mass is 9.84. The van der Waals surface area contributed by atoms with Gasteiger partial charge in [-0.15, -0.1) is 0 Å². The molecule has 104 valence electrons. The van der Waals surface area contributed by atoms with Gasteiger partial charge in [-0.3, -0.25) is 0 Å². The number of carbonyl (C=O) groups is 1. The molecular formula is C14H20N2O3. The zero-order valence-corrected chi connectivity index (χ0v) is 10.8. The molecule has 5 nitrogen and oxygen atoms in total. The molecule has 0 saturated heterocycles. The topological polar surface area (TPSA) is 81.6 Å². The Bertz CT molecular complexity index is 436. The average Bonchev–Trinajstić information content (AvgIpc) is 2.43. The van der Waals surface area contributed by atoms with Crippen LogP contribution < -0.4 is 10.6 Å². The van der Waals surface area contributed by atoms with Gasteiger partial charge >= 0.3 is 6.09 Å². The van der Waals surface area contributed by atoms with Gasteiger partial charge in [0.25, 0.3) is 0 Å². The number of hydrogen-bond acceptors (Lipinski definition) is 3. The Morgan fingerprint density at radius 3 is 3.00 bits per heavy atom. The van der Waals surface area contributed by atoms with Crippen molar-refractivity contribution in [2.45, 2.75) is 18.9 Å². The summed E-state index contributed by atoms with van der Waals surface area (Å²) in [6.07, 6.45) is 0.545. The number of amides is 1. The summed E-state index contributed by atoms with van der Waals surface area (Å²) in [4.78, 5) is 10.6. The number of nitrogens with one attached hydrogen (secondary N) is 2. The van der Waals surface area contributed by atoms with Crippen LogP contribution in [-0.2, 0) is 6.42 Å². The number of benzene rings is 1. The Kier molecular flexibility index (Phi) is 4.76. The van der Waals surface area contributed by atoms with Gasteiger partial charge in [-0.05, 0) is 36.4 Å². The largest absolute Gasteiger partial charge is 0.465 e. The van der Waals surface area contributed by atoms with Crippen LogP contribution in [0.25, 0.3) is 0 Å². The van der Waals surface area contributed by atoms with E-state index in [4.69, 9.17) is 5.11 Å². The van der Waals surface area contributed by atoms with Crippen LogP contribution in [0.3, 0.4) is 0 Å². The maximum atomic E-state index is 10.6. The molecule has 4 N–H and O–H groups in total. The highest BCUT2D eigenvalue weighted by Gasteiger charge is 2.27. The van der Waals surface area contributed by atoms with Gasteiger partial charge in [0, 0.05) is 19.2 Å². The Balaban J connectivity index is 2.15. The molecule has 0 fully saturated rings. The van der Waals surface area contributed by atoms with Gasteiger partial charge in [-0.2, -0.15) is 0 Å². The predicted octanol–water partition coefficient (Wildman–Crippen LogP) is 1.14. The molecular weight excluding hydrogens is 244 g/mol. The minimum Gasteiger partial charge on any atom is -0.465 e. The number of hydrogen-bond donors (Lipinski definition) is 4. The Hall–Kier alpha value is -1.59. The third-order valence-electron chi connectivity index (χ3n) is 3.64. The quantitative estimate of drug-likeness (QED) is 0.643. The molecule has 1 heterocycles. The van der Waals surface area contributed by atoms with Gasteiger partial charge in [-0.25, -0.2) is 4.79 Å². The van der Waals surface area contributed by atoms with E-state index in [0.717, 1.165) is 13.0 Å². The van der Waals surface area contributed by atoms with Crippen molar-refractivity contribution in [2.24, 2.45) is 5.92 Å². The van der Waals surface area contributed by atoms with E-state index in [1.54, 1.807) is 0 Å². The summed E-state index contributed by atoms with van der Waals surface area (Å²) in [6, 6.07) is 8.32. The summed E-state index contributed by atoms with van der Waals surface area (Å²) in [7, 11) is 0. The molecule has 1 aliphatic rings. The van der Waals surface area contributed by atoms with E-state index in [1.165, 1.54) is 11.1 Å². The van der Waals surface area contributed by atoms with Gasteiger partial charge in [0.1, 0.15) is 0 Å². The summed E-state index contributed by atoms with van der Waals surface area (Å²) >= 11 is 0. The monoisotopic (exact) mass is 264 g/mol. The second kappa shape index (κ2) is 6.54. The first kappa shape index (κ1) is 13.8. The van der Waals surface area contributed by atoms with Crippen molar-refractivity contribution in [1.29, 1.82) is 0 Å². The fraction of sp³-hybridized carbons (Fsp3) is 0.500.